The third kappa shape index (κ3) is 2.93. The van der Waals surface area contributed by atoms with Crippen LogP contribution in [-0.4, -0.2) is 23.7 Å². The maximum Gasteiger partial charge on any atom is 0.115 e. The first-order valence-electron chi connectivity index (χ1n) is 8.03. The van der Waals surface area contributed by atoms with E-state index in [1.54, 1.807) is 6.07 Å². The van der Waals surface area contributed by atoms with Gasteiger partial charge in [0, 0.05) is 17.8 Å². The molecule has 1 aromatic rings. The number of benzene rings is 1. The third-order valence-electron chi connectivity index (χ3n) is 4.99. The Morgan fingerprint density at radius 3 is 2.80 bits per heavy atom. The highest BCUT2D eigenvalue weighted by Gasteiger charge is 2.34. The summed E-state index contributed by atoms with van der Waals surface area (Å²) < 4.78 is 0. The number of piperidine rings is 1. The molecule has 1 saturated heterocycles. The molecule has 1 heterocycles. The van der Waals surface area contributed by atoms with E-state index in [2.05, 4.69) is 17.6 Å². The molecule has 2 fully saturated rings. The first-order valence-corrected chi connectivity index (χ1v) is 8.03. The standard InChI is InChI=1S/C17H26N2O/c1-12-11-13(20)8-9-15(12)19-17-7-4-5-14(17)16-6-2-3-10-18-16/h8-9,11,14,16-20H,2-7,10H2,1H3. The third-order valence-corrected chi connectivity index (χ3v) is 4.99. The molecule has 0 radical (unpaired) electrons. The summed E-state index contributed by atoms with van der Waals surface area (Å²) in [6, 6.07) is 6.90. The van der Waals surface area contributed by atoms with E-state index in [4.69, 9.17) is 0 Å². The quantitative estimate of drug-likeness (QED) is 0.740. The molecular formula is C17H26N2O. The number of rotatable bonds is 3. The Kier molecular flexibility index (Phi) is 4.16. The van der Waals surface area contributed by atoms with Crippen LogP contribution in [0, 0.1) is 12.8 Å². The molecule has 3 N–H and O–H groups in total. The monoisotopic (exact) mass is 274 g/mol. The molecule has 1 aliphatic heterocycles. The number of hydrogen-bond donors (Lipinski definition) is 3. The van der Waals surface area contributed by atoms with E-state index in [0.717, 1.165) is 11.5 Å². The normalized spacial score (nSPS) is 30.4. The minimum atomic E-state index is 0.352. The molecule has 1 aliphatic carbocycles. The van der Waals surface area contributed by atoms with Gasteiger partial charge in [-0.25, -0.2) is 0 Å². The molecule has 2 aliphatic rings. The molecule has 0 aromatic heterocycles. The minimum absolute atomic E-state index is 0.352. The highest BCUT2D eigenvalue weighted by molar-refractivity contribution is 5.54. The zero-order valence-corrected chi connectivity index (χ0v) is 12.4. The Labute approximate surface area is 121 Å². The van der Waals surface area contributed by atoms with Crippen molar-refractivity contribution in [2.45, 2.75) is 57.5 Å². The van der Waals surface area contributed by atoms with Crippen molar-refractivity contribution in [2.75, 3.05) is 11.9 Å². The lowest BCUT2D eigenvalue weighted by Crippen LogP contribution is -2.44. The van der Waals surface area contributed by atoms with E-state index in [9.17, 15) is 5.11 Å². The van der Waals surface area contributed by atoms with Gasteiger partial charge < -0.3 is 15.7 Å². The second kappa shape index (κ2) is 6.04. The van der Waals surface area contributed by atoms with Gasteiger partial charge in [0.15, 0.2) is 0 Å². The molecule has 0 spiro atoms. The lowest BCUT2D eigenvalue weighted by molar-refractivity contribution is 0.286. The average Bonchev–Trinajstić information content (AvgIpc) is 2.91. The van der Waals surface area contributed by atoms with Gasteiger partial charge in [0.25, 0.3) is 0 Å². The predicted octanol–water partition coefficient (Wildman–Crippen LogP) is 3.42. The molecule has 3 rings (SSSR count). The Morgan fingerprint density at radius 2 is 2.05 bits per heavy atom. The van der Waals surface area contributed by atoms with Crippen LogP contribution in [-0.2, 0) is 0 Å². The molecule has 110 valence electrons. The average molecular weight is 274 g/mol. The molecule has 0 bridgehead atoms. The zero-order chi connectivity index (χ0) is 13.9. The number of nitrogens with one attached hydrogen (secondary N) is 2. The summed E-state index contributed by atoms with van der Waals surface area (Å²) in [6.07, 6.45) is 7.97. The Morgan fingerprint density at radius 1 is 1.15 bits per heavy atom. The van der Waals surface area contributed by atoms with Crippen LogP contribution in [0.3, 0.4) is 0 Å². The summed E-state index contributed by atoms with van der Waals surface area (Å²) in [7, 11) is 0. The van der Waals surface area contributed by atoms with Crippen LogP contribution in [0.2, 0.25) is 0 Å². The van der Waals surface area contributed by atoms with Crippen molar-refractivity contribution in [3.63, 3.8) is 0 Å². The van der Waals surface area contributed by atoms with Gasteiger partial charge in [-0.1, -0.05) is 12.8 Å². The Balaban J connectivity index is 1.68. The predicted molar refractivity (Wildman–Crippen MR) is 83.2 cm³/mol. The van der Waals surface area contributed by atoms with Gasteiger partial charge in [-0.2, -0.15) is 0 Å². The van der Waals surface area contributed by atoms with Gasteiger partial charge in [-0.05, 0) is 68.8 Å². The second-order valence-corrected chi connectivity index (χ2v) is 6.40. The minimum Gasteiger partial charge on any atom is -0.508 e. The molecule has 3 heteroatoms. The van der Waals surface area contributed by atoms with Gasteiger partial charge in [-0.15, -0.1) is 0 Å². The molecule has 0 amide bonds. The van der Waals surface area contributed by atoms with Crippen molar-refractivity contribution >= 4 is 5.69 Å². The number of aromatic hydroxyl groups is 1. The van der Waals surface area contributed by atoms with Crippen molar-refractivity contribution < 1.29 is 5.11 Å². The summed E-state index contributed by atoms with van der Waals surface area (Å²) in [6.45, 7) is 3.25. The van der Waals surface area contributed by atoms with Gasteiger partial charge in [-0.3, -0.25) is 0 Å². The second-order valence-electron chi connectivity index (χ2n) is 6.40. The van der Waals surface area contributed by atoms with E-state index in [0.29, 0.717) is 17.8 Å². The molecule has 3 nitrogen and oxygen atoms in total. The molecular weight excluding hydrogens is 248 g/mol. The van der Waals surface area contributed by atoms with Crippen molar-refractivity contribution in [2.24, 2.45) is 5.92 Å². The van der Waals surface area contributed by atoms with Crippen molar-refractivity contribution in [1.82, 2.24) is 5.32 Å². The van der Waals surface area contributed by atoms with Crippen LogP contribution >= 0.6 is 0 Å². The fourth-order valence-corrected chi connectivity index (χ4v) is 3.90. The Bertz CT molecular complexity index is 454. The largest absolute Gasteiger partial charge is 0.508 e. The van der Waals surface area contributed by atoms with Gasteiger partial charge >= 0.3 is 0 Å². The first-order chi connectivity index (χ1) is 9.74. The fourth-order valence-electron chi connectivity index (χ4n) is 3.90. The van der Waals surface area contributed by atoms with Crippen LogP contribution in [0.1, 0.15) is 44.1 Å². The van der Waals surface area contributed by atoms with Crippen LogP contribution in [0.5, 0.6) is 5.75 Å². The maximum absolute atomic E-state index is 9.52. The summed E-state index contributed by atoms with van der Waals surface area (Å²) in [4.78, 5) is 0. The van der Waals surface area contributed by atoms with Gasteiger partial charge in [0.1, 0.15) is 5.75 Å². The highest BCUT2D eigenvalue weighted by Crippen LogP contribution is 2.34. The first kappa shape index (κ1) is 13.7. The van der Waals surface area contributed by atoms with E-state index >= 15 is 0 Å². The lowest BCUT2D eigenvalue weighted by Gasteiger charge is -2.33. The number of aryl methyl sites for hydroxylation is 1. The SMILES string of the molecule is Cc1cc(O)ccc1NC1CCCC1C1CCCCN1. The Hall–Kier alpha value is -1.22. The highest BCUT2D eigenvalue weighted by atomic mass is 16.3. The lowest BCUT2D eigenvalue weighted by atomic mass is 9.88. The van der Waals surface area contributed by atoms with Crippen LogP contribution < -0.4 is 10.6 Å². The van der Waals surface area contributed by atoms with Gasteiger partial charge in [0.05, 0.1) is 0 Å². The molecule has 3 unspecified atom stereocenters. The van der Waals surface area contributed by atoms with E-state index in [1.165, 1.54) is 50.8 Å². The summed E-state index contributed by atoms with van der Waals surface area (Å²) >= 11 is 0. The topological polar surface area (TPSA) is 44.3 Å². The summed E-state index contributed by atoms with van der Waals surface area (Å²) in [5.74, 6) is 1.11. The van der Waals surface area contributed by atoms with Crippen molar-refractivity contribution in [3.05, 3.63) is 23.8 Å². The van der Waals surface area contributed by atoms with E-state index < -0.39 is 0 Å². The van der Waals surface area contributed by atoms with Crippen LogP contribution in [0.15, 0.2) is 18.2 Å². The molecule has 1 saturated carbocycles. The number of phenols is 1. The molecule has 3 atom stereocenters. The molecule has 20 heavy (non-hydrogen) atoms. The smallest absolute Gasteiger partial charge is 0.115 e. The summed E-state index contributed by atoms with van der Waals surface area (Å²) in [5, 5.41) is 17.0. The number of hydrogen-bond acceptors (Lipinski definition) is 3. The van der Waals surface area contributed by atoms with E-state index in [-0.39, 0.29) is 0 Å². The van der Waals surface area contributed by atoms with Gasteiger partial charge in [0.2, 0.25) is 0 Å². The van der Waals surface area contributed by atoms with Crippen LogP contribution in [0.25, 0.3) is 0 Å². The molecule has 1 aromatic carbocycles. The zero-order valence-electron chi connectivity index (χ0n) is 12.4. The van der Waals surface area contributed by atoms with Crippen LogP contribution in [0.4, 0.5) is 5.69 Å². The number of phenolic OH excluding ortho intramolecular Hbond substituents is 1. The fraction of sp³-hybridized carbons (Fsp3) is 0.647. The van der Waals surface area contributed by atoms with Crippen molar-refractivity contribution in [1.29, 1.82) is 0 Å². The summed E-state index contributed by atoms with van der Waals surface area (Å²) in [5.41, 5.74) is 2.31. The van der Waals surface area contributed by atoms with Crippen molar-refractivity contribution in [3.8, 4) is 5.75 Å². The van der Waals surface area contributed by atoms with E-state index in [1.807, 2.05) is 12.1 Å². The number of anilines is 1. The maximum atomic E-state index is 9.52.